The van der Waals surface area contributed by atoms with E-state index in [2.05, 4.69) is 15.1 Å². The number of rotatable bonds is 8. The van der Waals surface area contributed by atoms with Gasteiger partial charge in [0.15, 0.2) is 18.1 Å². The number of unbranched alkanes of at least 4 members (excludes halogenated alkanes) is 1. The van der Waals surface area contributed by atoms with Gasteiger partial charge in [-0.25, -0.2) is 24.2 Å². The number of nitrogen functional groups attached to an aromatic ring is 1. The summed E-state index contributed by atoms with van der Waals surface area (Å²) < 4.78 is 11.6. The molecule has 3 aromatic heterocycles. The van der Waals surface area contributed by atoms with Gasteiger partial charge in [-0.15, -0.1) is 11.3 Å². The minimum atomic E-state index is -0.706. The van der Waals surface area contributed by atoms with Crippen LogP contribution in [0.25, 0.3) is 10.2 Å². The van der Waals surface area contributed by atoms with Gasteiger partial charge in [-0.2, -0.15) is 5.10 Å². The van der Waals surface area contributed by atoms with Crippen LogP contribution in [0.1, 0.15) is 58.2 Å². The lowest BCUT2D eigenvalue weighted by Gasteiger charge is -2.07. The highest BCUT2D eigenvalue weighted by molar-refractivity contribution is 7.20. The van der Waals surface area contributed by atoms with Crippen LogP contribution in [0.2, 0.25) is 0 Å². The average Bonchev–Trinajstić information content (AvgIpc) is 3.08. The van der Waals surface area contributed by atoms with Crippen molar-refractivity contribution in [3.63, 3.8) is 0 Å². The summed E-state index contributed by atoms with van der Waals surface area (Å²) in [7, 11) is 0. The third-order valence-electron chi connectivity index (χ3n) is 4.46. The van der Waals surface area contributed by atoms with Gasteiger partial charge in [-0.1, -0.05) is 13.3 Å². The van der Waals surface area contributed by atoms with E-state index in [0.29, 0.717) is 27.2 Å². The standard InChI is InChI=1S/C20H23N5O5S/c1-4-6-9-25-14(26)8-7-12(24-25)19(27)30-10-13-22-17(21)15-11(3)16(20(28)29-5-2)31-18(15)23-13/h7-8H,4-6,9-10H2,1-3H3,(H2,21,22,23). The van der Waals surface area contributed by atoms with Crippen molar-refractivity contribution in [3.05, 3.63) is 44.4 Å². The van der Waals surface area contributed by atoms with Gasteiger partial charge in [-0.05, 0) is 31.9 Å². The van der Waals surface area contributed by atoms with Crippen LogP contribution >= 0.6 is 11.3 Å². The lowest BCUT2D eigenvalue weighted by atomic mass is 10.2. The van der Waals surface area contributed by atoms with Gasteiger partial charge in [0.1, 0.15) is 15.5 Å². The Bertz CT molecular complexity index is 1190. The third-order valence-corrected chi connectivity index (χ3v) is 5.62. The Balaban J connectivity index is 1.79. The highest BCUT2D eigenvalue weighted by Gasteiger charge is 2.21. The van der Waals surface area contributed by atoms with E-state index < -0.39 is 11.9 Å². The van der Waals surface area contributed by atoms with Crippen molar-refractivity contribution in [1.29, 1.82) is 0 Å². The molecule has 0 unspecified atom stereocenters. The van der Waals surface area contributed by atoms with Crippen molar-refractivity contribution in [1.82, 2.24) is 19.7 Å². The molecule has 0 bridgehead atoms. The first kappa shape index (κ1) is 22.3. The number of esters is 2. The summed E-state index contributed by atoms with van der Waals surface area (Å²) in [6, 6.07) is 2.60. The Morgan fingerprint density at radius 1 is 1.16 bits per heavy atom. The number of thiophene rings is 1. The maximum atomic E-state index is 12.4. The number of carbonyl (C=O) groups is 2. The Hall–Kier alpha value is -3.34. The maximum Gasteiger partial charge on any atom is 0.359 e. The number of aromatic nitrogens is 4. The predicted molar refractivity (Wildman–Crippen MR) is 115 cm³/mol. The summed E-state index contributed by atoms with van der Waals surface area (Å²) >= 11 is 1.15. The van der Waals surface area contributed by atoms with Crippen LogP contribution in [0.5, 0.6) is 0 Å². The van der Waals surface area contributed by atoms with Crippen molar-refractivity contribution in [2.24, 2.45) is 0 Å². The topological polar surface area (TPSA) is 139 Å². The molecule has 0 radical (unpaired) electrons. The molecule has 3 heterocycles. The number of nitrogens with zero attached hydrogens (tertiary/aromatic N) is 4. The first-order valence-corrected chi connectivity index (χ1v) is 10.6. The van der Waals surface area contributed by atoms with Gasteiger partial charge >= 0.3 is 11.9 Å². The maximum absolute atomic E-state index is 12.4. The van der Waals surface area contributed by atoms with E-state index in [-0.39, 0.29) is 36.1 Å². The second-order valence-electron chi connectivity index (χ2n) is 6.69. The van der Waals surface area contributed by atoms with E-state index >= 15 is 0 Å². The molecule has 0 aliphatic rings. The van der Waals surface area contributed by atoms with E-state index in [9.17, 15) is 14.4 Å². The van der Waals surface area contributed by atoms with Crippen LogP contribution in [-0.2, 0) is 22.6 Å². The number of hydrogen-bond donors (Lipinski definition) is 1. The van der Waals surface area contributed by atoms with Gasteiger partial charge in [-0.3, -0.25) is 4.79 Å². The van der Waals surface area contributed by atoms with Crippen molar-refractivity contribution >= 4 is 39.3 Å². The zero-order chi connectivity index (χ0) is 22.5. The van der Waals surface area contributed by atoms with Gasteiger partial charge in [0.25, 0.3) is 5.56 Å². The highest BCUT2D eigenvalue weighted by atomic mass is 32.1. The van der Waals surface area contributed by atoms with Crippen molar-refractivity contribution in [2.45, 2.75) is 46.8 Å². The summed E-state index contributed by atoms with van der Waals surface area (Å²) in [5, 5.41) is 4.63. The summed E-state index contributed by atoms with van der Waals surface area (Å²) in [5.74, 6) is -0.775. The van der Waals surface area contributed by atoms with Crippen LogP contribution in [-0.4, -0.2) is 38.3 Å². The molecule has 31 heavy (non-hydrogen) atoms. The largest absolute Gasteiger partial charge is 0.462 e. The number of nitrogens with two attached hydrogens (primary N) is 1. The Kier molecular flexibility index (Phi) is 6.95. The molecule has 3 rings (SSSR count). The van der Waals surface area contributed by atoms with Crippen molar-refractivity contribution < 1.29 is 19.1 Å². The fourth-order valence-electron chi connectivity index (χ4n) is 2.90. The molecule has 0 aromatic carbocycles. The van der Waals surface area contributed by atoms with Gasteiger partial charge < -0.3 is 15.2 Å². The number of carbonyl (C=O) groups excluding carboxylic acids is 2. The number of fused-ring (bicyclic) bond motifs is 1. The zero-order valence-corrected chi connectivity index (χ0v) is 18.3. The summed E-state index contributed by atoms with van der Waals surface area (Å²) in [6.45, 7) is 5.93. The Labute approximate surface area is 182 Å². The molecule has 11 heteroatoms. The summed E-state index contributed by atoms with van der Waals surface area (Å²) in [4.78, 5) is 45.8. The number of ether oxygens (including phenoxy) is 2. The first-order valence-electron chi connectivity index (χ1n) is 9.83. The van der Waals surface area contributed by atoms with Crippen LogP contribution < -0.4 is 11.3 Å². The molecule has 2 N–H and O–H groups in total. The van der Waals surface area contributed by atoms with E-state index in [1.54, 1.807) is 13.8 Å². The highest BCUT2D eigenvalue weighted by Crippen LogP contribution is 2.33. The van der Waals surface area contributed by atoms with E-state index in [1.165, 1.54) is 16.8 Å². The minimum absolute atomic E-state index is 0.0151. The Morgan fingerprint density at radius 2 is 1.94 bits per heavy atom. The lowest BCUT2D eigenvalue weighted by Crippen LogP contribution is -2.25. The molecule has 0 saturated carbocycles. The van der Waals surface area contributed by atoms with E-state index in [1.807, 2.05) is 6.92 Å². The smallest absolute Gasteiger partial charge is 0.359 e. The molecular formula is C20H23N5O5S. The Morgan fingerprint density at radius 3 is 2.65 bits per heavy atom. The van der Waals surface area contributed by atoms with Gasteiger partial charge in [0.2, 0.25) is 0 Å². The van der Waals surface area contributed by atoms with Crippen LogP contribution in [0, 0.1) is 6.92 Å². The van der Waals surface area contributed by atoms with Crippen molar-refractivity contribution in [3.8, 4) is 0 Å². The first-order chi connectivity index (χ1) is 14.8. The number of aryl methyl sites for hydroxylation is 2. The number of anilines is 1. The molecule has 0 fully saturated rings. The molecule has 0 amide bonds. The summed E-state index contributed by atoms with van der Waals surface area (Å²) in [5.41, 5.74) is 6.44. The average molecular weight is 446 g/mol. The van der Waals surface area contributed by atoms with Crippen LogP contribution in [0.4, 0.5) is 5.82 Å². The quantitative estimate of drug-likeness (QED) is 0.518. The zero-order valence-electron chi connectivity index (χ0n) is 17.5. The third kappa shape index (κ3) is 4.88. The second kappa shape index (κ2) is 9.65. The summed E-state index contributed by atoms with van der Waals surface area (Å²) in [6.07, 6.45) is 1.66. The predicted octanol–water partition coefficient (Wildman–Crippen LogP) is 2.47. The fraction of sp³-hybridized carbons (Fsp3) is 0.400. The monoisotopic (exact) mass is 445 g/mol. The number of hydrogen-bond acceptors (Lipinski definition) is 10. The molecule has 164 valence electrons. The molecular weight excluding hydrogens is 422 g/mol. The molecule has 0 atom stereocenters. The fourth-order valence-corrected chi connectivity index (χ4v) is 4.00. The van der Waals surface area contributed by atoms with E-state index in [4.69, 9.17) is 15.2 Å². The van der Waals surface area contributed by atoms with Crippen LogP contribution in [0.15, 0.2) is 16.9 Å². The lowest BCUT2D eigenvalue weighted by molar-refractivity contribution is 0.0451. The molecule has 0 saturated heterocycles. The second-order valence-corrected chi connectivity index (χ2v) is 7.69. The van der Waals surface area contributed by atoms with Gasteiger partial charge in [0.05, 0.1) is 12.0 Å². The molecule has 0 aliphatic carbocycles. The normalized spacial score (nSPS) is 10.9. The SMILES string of the molecule is CCCCn1nc(C(=O)OCc2nc(N)c3c(C)c(C(=O)OCC)sc3n2)ccc1=O. The van der Waals surface area contributed by atoms with Gasteiger partial charge in [0, 0.05) is 12.6 Å². The van der Waals surface area contributed by atoms with Crippen molar-refractivity contribution in [2.75, 3.05) is 12.3 Å². The van der Waals surface area contributed by atoms with E-state index in [0.717, 1.165) is 24.2 Å². The molecule has 3 aromatic rings. The van der Waals surface area contributed by atoms with Crippen LogP contribution in [0.3, 0.4) is 0 Å². The molecule has 0 spiro atoms. The minimum Gasteiger partial charge on any atom is -0.462 e. The molecule has 0 aliphatic heterocycles. The molecule has 10 nitrogen and oxygen atoms in total.